The van der Waals surface area contributed by atoms with Crippen molar-refractivity contribution in [2.24, 2.45) is 11.8 Å². The van der Waals surface area contributed by atoms with E-state index in [2.05, 4.69) is 77.7 Å². The van der Waals surface area contributed by atoms with E-state index in [4.69, 9.17) is 19.4 Å². The molecule has 8 rings (SSSR count). The van der Waals surface area contributed by atoms with Crippen molar-refractivity contribution in [2.75, 3.05) is 26.8 Å². The molecule has 2 fully saturated rings. The Hall–Kier alpha value is -5.39. The fraction of sp³-hybridized carbons (Fsp3) is 0.452. The minimum Gasteiger partial charge on any atom is -0.491 e. The van der Waals surface area contributed by atoms with Crippen molar-refractivity contribution in [1.29, 1.82) is 0 Å². The molecule has 282 valence electrons. The predicted molar refractivity (Wildman–Crippen MR) is 207 cm³/mol. The maximum atomic E-state index is 13.8. The van der Waals surface area contributed by atoms with Gasteiger partial charge >= 0.3 is 6.09 Å². The van der Waals surface area contributed by atoms with E-state index in [0.717, 1.165) is 100 Å². The number of ether oxygens (including phenoxy) is 2. The zero-order valence-electron chi connectivity index (χ0n) is 31.5. The third kappa shape index (κ3) is 6.67. The highest BCUT2D eigenvalue weighted by Crippen LogP contribution is 2.39. The van der Waals surface area contributed by atoms with E-state index >= 15 is 0 Å². The second-order valence-corrected chi connectivity index (χ2v) is 15.3. The number of imidazole rings is 2. The Kier molecular flexibility index (Phi) is 9.76. The summed E-state index contributed by atoms with van der Waals surface area (Å²) in [5.41, 5.74) is 5.67. The Labute approximate surface area is 315 Å². The zero-order valence-corrected chi connectivity index (χ0v) is 31.5. The SMILES string of the molecule is COC(=O)N[C@H]1CCCCOc2cc3cc(-c4ccc(-c5c[nH]c([C@@H]6CCCN6C(=O)[C@@H](C)C(C)C)n5)cc4)ccc3c3nc([nH]c23)[C@@H]2CCCN2C1=O. The van der Waals surface area contributed by atoms with E-state index in [0.29, 0.717) is 31.9 Å². The van der Waals surface area contributed by atoms with Crippen LogP contribution < -0.4 is 10.1 Å². The topological polar surface area (TPSA) is 146 Å². The van der Waals surface area contributed by atoms with Crippen LogP contribution in [0, 0.1) is 11.8 Å². The molecule has 3 aromatic carbocycles. The van der Waals surface area contributed by atoms with Gasteiger partial charge in [0.1, 0.15) is 34.5 Å². The Balaban J connectivity index is 1.06. The lowest BCUT2D eigenvalue weighted by Crippen LogP contribution is -2.48. The first-order valence-corrected chi connectivity index (χ1v) is 19.4. The van der Waals surface area contributed by atoms with Gasteiger partial charge in [-0.15, -0.1) is 0 Å². The lowest BCUT2D eigenvalue weighted by molar-refractivity contribution is -0.137. The molecule has 5 heterocycles. The molecule has 0 aliphatic carbocycles. The van der Waals surface area contributed by atoms with Crippen molar-refractivity contribution in [1.82, 2.24) is 35.1 Å². The first kappa shape index (κ1) is 35.6. The van der Waals surface area contributed by atoms with Crippen LogP contribution in [-0.2, 0) is 14.3 Å². The lowest BCUT2D eigenvalue weighted by Gasteiger charge is -2.28. The van der Waals surface area contributed by atoms with Crippen LogP contribution in [0.5, 0.6) is 5.75 Å². The molecule has 2 aromatic heterocycles. The van der Waals surface area contributed by atoms with Crippen LogP contribution in [0.3, 0.4) is 0 Å². The monoisotopic (exact) mass is 731 g/mol. The van der Waals surface area contributed by atoms with Gasteiger partial charge in [0, 0.05) is 36.2 Å². The first-order chi connectivity index (χ1) is 26.2. The summed E-state index contributed by atoms with van der Waals surface area (Å²) < 4.78 is 11.2. The molecule has 0 unspecified atom stereocenters. The van der Waals surface area contributed by atoms with Gasteiger partial charge in [-0.1, -0.05) is 57.2 Å². The largest absolute Gasteiger partial charge is 0.491 e. The quantitative estimate of drug-likeness (QED) is 0.162. The van der Waals surface area contributed by atoms with Crippen LogP contribution >= 0.6 is 0 Å². The number of fused-ring (bicyclic) bond motifs is 5. The van der Waals surface area contributed by atoms with Crippen molar-refractivity contribution < 1.29 is 23.9 Å². The highest BCUT2D eigenvalue weighted by Gasteiger charge is 2.37. The minimum absolute atomic E-state index is 0.0173. The summed E-state index contributed by atoms with van der Waals surface area (Å²) in [6.07, 6.45) is 6.78. The van der Waals surface area contributed by atoms with Gasteiger partial charge in [0.05, 0.1) is 31.5 Å². The molecule has 0 spiro atoms. The number of alkyl carbamates (subject to hydrolysis) is 1. The van der Waals surface area contributed by atoms with Crippen molar-refractivity contribution in [2.45, 2.75) is 83.8 Å². The predicted octanol–water partition coefficient (Wildman–Crippen LogP) is 7.68. The van der Waals surface area contributed by atoms with Crippen molar-refractivity contribution in [3.05, 3.63) is 66.4 Å². The number of aromatic amines is 2. The Morgan fingerprint density at radius 1 is 0.889 bits per heavy atom. The molecule has 4 atom stereocenters. The molecule has 3 amide bonds. The number of nitrogens with one attached hydrogen (secondary N) is 3. The number of hydrogen-bond acceptors (Lipinski definition) is 7. The van der Waals surface area contributed by atoms with Crippen LogP contribution in [0.4, 0.5) is 4.79 Å². The van der Waals surface area contributed by atoms with Crippen LogP contribution in [-0.4, -0.2) is 80.5 Å². The summed E-state index contributed by atoms with van der Waals surface area (Å²) in [7, 11) is 1.31. The molecule has 2 saturated heterocycles. The molecule has 12 heteroatoms. The average Bonchev–Trinajstić information content (AvgIpc) is 4.02. The number of hydrogen-bond donors (Lipinski definition) is 3. The summed E-state index contributed by atoms with van der Waals surface area (Å²) in [6.45, 7) is 8.06. The molecule has 3 aliphatic rings. The molecule has 2 bridgehead atoms. The molecule has 0 radical (unpaired) electrons. The smallest absolute Gasteiger partial charge is 0.407 e. The van der Waals surface area contributed by atoms with Gasteiger partial charge in [0.15, 0.2) is 0 Å². The normalized spacial score (nSPS) is 21.1. The van der Waals surface area contributed by atoms with Crippen molar-refractivity contribution in [3.8, 4) is 28.1 Å². The molecular formula is C42H49N7O5. The maximum Gasteiger partial charge on any atom is 0.407 e. The number of likely N-dealkylation sites (tertiary alicyclic amines) is 1. The van der Waals surface area contributed by atoms with Gasteiger partial charge in [-0.05, 0) is 79.5 Å². The number of aromatic nitrogens is 4. The van der Waals surface area contributed by atoms with Gasteiger partial charge < -0.3 is 34.6 Å². The maximum absolute atomic E-state index is 13.8. The summed E-state index contributed by atoms with van der Waals surface area (Å²) in [5, 5.41) is 4.77. The summed E-state index contributed by atoms with van der Waals surface area (Å²) in [4.78, 5) is 60.0. The highest BCUT2D eigenvalue weighted by molar-refractivity contribution is 6.08. The summed E-state index contributed by atoms with van der Waals surface area (Å²) >= 11 is 0. The van der Waals surface area contributed by atoms with Gasteiger partial charge in [0.25, 0.3) is 0 Å². The standard InChI is InChI=1S/C42H49N7O5/c1-24(2)25(3)40(50)48-18-7-10-33(48)38-43-23-32(44-38)27-14-12-26(13-15-27)28-16-17-30-29(21-28)22-35-37-36(30)46-39(47-37)34-11-8-19-49(34)41(51)31(45-42(52)53-4)9-5-6-20-54-35/h12-17,21-25,31,33-34H,5-11,18-20H2,1-4H3,(H,43,44)(H,45,52)(H,46,47)/t25-,31-,33-,34-/m0/s1. The van der Waals surface area contributed by atoms with E-state index in [1.54, 1.807) is 0 Å². The number of methoxy groups -OCH3 is 1. The summed E-state index contributed by atoms with van der Waals surface area (Å²) in [6, 6.07) is 16.0. The number of rotatable bonds is 6. The molecule has 3 N–H and O–H groups in total. The fourth-order valence-corrected chi connectivity index (χ4v) is 8.28. The second-order valence-electron chi connectivity index (χ2n) is 15.3. The third-order valence-corrected chi connectivity index (χ3v) is 11.7. The molecule has 12 nitrogen and oxygen atoms in total. The van der Waals surface area contributed by atoms with Crippen LogP contribution in [0.25, 0.3) is 44.2 Å². The van der Waals surface area contributed by atoms with Crippen LogP contribution in [0.1, 0.15) is 89.4 Å². The highest BCUT2D eigenvalue weighted by atomic mass is 16.5. The lowest BCUT2D eigenvalue weighted by atomic mass is 9.96. The van der Waals surface area contributed by atoms with E-state index in [-0.39, 0.29) is 29.8 Å². The number of carbonyl (C=O) groups excluding carboxylic acids is 3. The van der Waals surface area contributed by atoms with E-state index in [1.165, 1.54) is 7.11 Å². The minimum atomic E-state index is -0.668. The van der Waals surface area contributed by atoms with Gasteiger partial charge in [0.2, 0.25) is 11.8 Å². The number of benzene rings is 3. The Morgan fingerprint density at radius 2 is 1.65 bits per heavy atom. The third-order valence-electron chi connectivity index (χ3n) is 11.7. The second kappa shape index (κ2) is 14.8. The van der Waals surface area contributed by atoms with E-state index in [9.17, 15) is 14.4 Å². The number of H-pyrrole nitrogens is 2. The Bertz CT molecular complexity index is 2190. The first-order valence-electron chi connectivity index (χ1n) is 19.4. The Morgan fingerprint density at radius 3 is 2.44 bits per heavy atom. The van der Waals surface area contributed by atoms with Crippen molar-refractivity contribution in [3.63, 3.8) is 0 Å². The van der Waals surface area contributed by atoms with Crippen LogP contribution in [0.15, 0.2) is 54.7 Å². The number of amides is 3. The zero-order chi connectivity index (χ0) is 37.5. The van der Waals surface area contributed by atoms with Crippen LogP contribution in [0.2, 0.25) is 0 Å². The van der Waals surface area contributed by atoms with Gasteiger partial charge in [-0.3, -0.25) is 9.59 Å². The fourth-order valence-electron chi connectivity index (χ4n) is 8.28. The van der Waals surface area contributed by atoms with Gasteiger partial charge in [-0.2, -0.15) is 0 Å². The van der Waals surface area contributed by atoms with E-state index < -0.39 is 12.1 Å². The number of carbonyl (C=O) groups is 3. The van der Waals surface area contributed by atoms with Gasteiger partial charge in [-0.25, -0.2) is 14.8 Å². The van der Waals surface area contributed by atoms with Crippen molar-refractivity contribution >= 4 is 39.7 Å². The van der Waals surface area contributed by atoms with E-state index in [1.807, 2.05) is 22.9 Å². The molecular weight excluding hydrogens is 683 g/mol. The number of nitrogens with zero attached hydrogens (tertiary/aromatic N) is 4. The molecule has 0 saturated carbocycles. The molecule has 54 heavy (non-hydrogen) atoms. The summed E-state index contributed by atoms with van der Waals surface area (Å²) in [5.74, 6) is 2.68. The molecule has 5 aromatic rings. The molecule has 3 aliphatic heterocycles. The average molecular weight is 732 g/mol.